The van der Waals surface area contributed by atoms with E-state index in [0.717, 1.165) is 18.5 Å². The summed E-state index contributed by atoms with van der Waals surface area (Å²) in [6.45, 7) is 2.66. The number of aromatic nitrogens is 2. The second-order valence-corrected chi connectivity index (χ2v) is 3.45. The van der Waals surface area contributed by atoms with Gasteiger partial charge in [0, 0.05) is 12.2 Å². The Bertz CT molecular complexity index is 460. The highest BCUT2D eigenvalue weighted by atomic mass is 16.1. The zero-order valence-corrected chi connectivity index (χ0v) is 8.55. The minimum atomic E-state index is 0.519. The van der Waals surface area contributed by atoms with Crippen LogP contribution in [0.4, 0.5) is 0 Å². The van der Waals surface area contributed by atoms with Gasteiger partial charge in [-0.2, -0.15) is 0 Å². The van der Waals surface area contributed by atoms with Crippen molar-refractivity contribution >= 4 is 6.29 Å². The minimum Gasteiger partial charge on any atom is -0.330 e. The molecule has 1 aromatic carbocycles. The molecule has 3 heteroatoms. The van der Waals surface area contributed by atoms with Crippen LogP contribution >= 0.6 is 0 Å². The Morgan fingerprint density at radius 3 is 2.67 bits per heavy atom. The summed E-state index contributed by atoms with van der Waals surface area (Å²) >= 11 is 0. The Labute approximate surface area is 88.4 Å². The van der Waals surface area contributed by atoms with E-state index < -0.39 is 0 Å². The number of benzene rings is 1. The van der Waals surface area contributed by atoms with Crippen LogP contribution in [-0.2, 0) is 6.54 Å². The SMILES string of the molecule is Cc1c(C=O)ncn1Cc1ccccc1. The van der Waals surface area contributed by atoms with Crippen molar-refractivity contribution in [1.82, 2.24) is 9.55 Å². The van der Waals surface area contributed by atoms with Crippen molar-refractivity contribution in [2.24, 2.45) is 0 Å². The lowest BCUT2D eigenvalue weighted by atomic mass is 10.2. The highest BCUT2D eigenvalue weighted by Gasteiger charge is 2.04. The van der Waals surface area contributed by atoms with Gasteiger partial charge in [0.1, 0.15) is 5.69 Å². The van der Waals surface area contributed by atoms with Crippen LogP contribution in [-0.4, -0.2) is 15.8 Å². The molecule has 0 amide bonds. The molecule has 0 unspecified atom stereocenters. The molecule has 15 heavy (non-hydrogen) atoms. The van der Waals surface area contributed by atoms with Crippen LogP contribution < -0.4 is 0 Å². The number of carbonyl (C=O) groups is 1. The van der Waals surface area contributed by atoms with Crippen LogP contribution in [0.3, 0.4) is 0 Å². The van der Waals surface area contributed by atoms with E-state index in [2.05, 4.69) is 17.1 Å². The molecule has 0 saturated carbocycles. The number of hydrogen-bond donors (Lipinski definition) is 0. The average Bonchev–Trinajstić information content (AvgIpc) is 2.62. The number of aldehydes is 1. The van der Waals surface area contributed by atoms with E-state index in [1.54, 1.807) is 6.33 Å². The molecular weight excluding hydrogens is 188 g/mol. The van der Waals surface area contributed by atoms with E-state index in [1.807, 2.05) is 29.7 Å². The van der Waals surface area contributed by atoms with Crippen molar-refractivity contribution in [2.45, 2.75) is 13.5 Å². The molecule has 0 atom stereocenters. The second kappa shape index (κ2) is 4.09. The third kappa shape index (κ3) is 1.96. The minimum absolute atomic E-state index is 0.519. The van der Waals surface area contributed by atoms with Gasteiger partial charge in [0.15, 0.2) is 6.29 Å². The normalized spacial score (nSPS) is 10.2. The molecule has 0 bridgehead atoms. The van der Waals surface area contributed by atoms with Gasteiger partial charge in [0.05, 0.1) is 6.33 Å². The summed E-state index contributed by atoms with van der Waals surface area (Å²) in [6.07, 6.45) is 2.49. The van der Waals surface area contributed by atoms with E-state index in [-0.39, 0.29) is 0 Å². The molecule has 0 aliphatic heterocycles. The maximum atomic E-state index is 10.6. The lowest BCUT2D eigenvalue weighted by Gasteiger charge is -2.04. The fourth-order valence-electron chi connectivity index (χ4n) is 1.51. The number of rotatable bonds is 3. The van der Waals surface area contributed by atoms with Crippen LogP contribution in [0.15, 0.2) is 36.7 Å². The standard InChI is InChI=1S/C12H12N2O/c1-10-12(8-15)13-9-14(10)7-11-5-3-2-4-6-11/h2-6,8-9H,7H2,1H3. The predicted octanol–water partition coefficient (Wildman–Crippen LogP) is 2.05. The molecule has 0 aliphatic rings. The lowest BCUT2D eigenvalue weighted by molar-refractivity contribution is 0.111. The summed E-state index contributed by atoms with van der Waals surface area (Å²) in [6, 6.07) is 10.1. The molecule has 1 heterocycles. The van der Waals surface area contributed by atoms with Gasteiger partial charge < -0.3 is 4.57 Å². The first-order chi connectivity index (χ1) is 7.31. The Balaban J connectivity index is 2.25. The van der Waals surface area contributed by atoms with E-state index in [1.165, 1.54) is 5.56 Å². The quantitative estimate of drug-likeness (QED) is 0.711. The van der Waals surface area contributed by atoms with Gasteiger partial charge >= 0.3 is 0 Å². The van der Waals surface area contributed by atoms with Gasteiger partial charge in [-0.15, -0.1) is 0 Å². The molecule has 3 nitrogen and oxygen atoms in total. The summed E-state index contributed by atoms with van der Waals surface area (Å²) in [5, 5.41) is 0. The Morgan fingerprint density at radius 1 is 1.33 bits per heavy atom. The molecule has 76 valence electrons. The van der Waals surface area contributed by atoms with E-state index in [4.69, 9.17) is 0 Å². The summed E-state index contributed by atoms with van der Waals surface area (Å²) in [5.41, 5.74) is 2.63. The van der Waals surface area contributed by atoms with E-state index in [9.17, 15) is 4.79 Å². The summed E-state index contributed by atoms with van der Waals surface area (Å²) < 4.78 is 1.97. The number of nitrogens with zero attached hydrogens (tertiary/aromatic N) is 2. The molecule has 0 radical (unpaired) electrons. The highest BCUT2D eigenvalue weighted by molar-refractivity contribution is 5.73. The molecule has 0 aliphatic carbocycles. The highest BCUT2D eigenvalue weighted by Crippen LogP contribution is 2.07. The molecular formula is C12H12N2O. The molecule has 0 saturated heterocycles. The third-order valence-corrected chi connectivity index (χ3v) is 2.45. The number of carbonyl (C=O) groups excluding carboxylic acids is 1. The first-order valence-electron chi connectivity index (χ1n) is 4.82. The largest absolute Gasteiger partial charge is 0.330 e. The fraction of sp³-hybridized carbons (Fsp3) is 0.167. The van der Waals surface area contributed by atoms with Crippen molar-refractivity contribution in [3.05, 3.63) is 53.6 Å². The zero-order chi connectivity index (χ0) is 10.7. The van der Waals surface area contributed by atoms with Crippen molar-refractivity contribution < 1.29 is 4.79 Å². The Hall–Kier alpha value is -1.90. The summed E-state index contributed by atoms with van der Waals surface area (Å²) in [5.74, 6) is 0. The van der Waals surface area contributed by atoms with Gasteiger partial charge in [0.25, 0.3) is 0 Å². The van der Waals surface area contributed by atoms with Crippen LogP contribution in [0.25, 0.3) is 0 Å². The van der Waals surface area contributed by atoms with E-state index >= 15 is 0 Å². The van der Waals surface area contributed by atoms with Gasteiger partial charge in [0.2, 0.25) is 0 Å². The number of hydrogen-bond acceptors (Lipinski definition) is 2. The second-order valence-electron chi connectivity index (χ2n) is 3.45. The van der Waals surface area contributed by atoms with Crippen LogP contribution in [0.5, 0.6) is 0 Å². The summed E-state index contributed by atoms with van der Waals surface area (Å²) in [4.78, 5) is 14.6. The van der Waals surface area contributed by atoms with Crippen molar-refractivity contribution in [3.63, 3.8) is 0 Å². The molecule has 0 fully saturated rings. The first kappa shape index (κ1) is 9.65. The van der Waals surface area contributed by atoms with Crippen molar-refractivity contribution in [2.75, 3.05) is 0 Å². The molecule has 0 N–H and O–H groups in total. The van der Waals surface area contributed by atoms with Crippen LogP contribution in [0.2, 0.25) is 0 Å². The molecule has 0 spiro atoms. The van der Waals surface area contributed by atoms with E-state index in [0.29, 0.717) is 5.69 Å². The first-order valence-corrected chi connectivity index (χ1v) is 4.82. The van der Waals surface area contributed by atoms with Crippen LogP contribution in [0, 0.1) is 6.92 Å². The average molecular weight is 200 g/mol. The topological polar surface area (TPSA) is 34.9 Å². The Morgan fingerprint density at radius 2 is 2.07 bits per heavy atom. The van der Waals surface area contributed by atoms with Crippen LogP contribution in [0.1, 0.15) is 21.7 Å². The Kier molecular flexibility index (Phi) is 2.63. The van der Waals surface area contributed by atoms with Crippen molar-refractivity contribution in [3.8, 4) is 0 Å². The fourth-order valence-corrected chi connectivity index (χ4v) is 1.51. The lowest BCUT2D eigenvalue weighted by Crippen LogP contribution is -2.00. The smallest absolute Gasteiger partial charge is 0.170 e. The number of imidazole rings is 1. The van der Waals surface area contributed by atoms with Gasteiger partial charge in [-0.1, -0.05) is 30.3 Å². The maximum Gasteiger partial charge on any atom is 0.170 e. The van der Waals surface area contributed by atoms with Crippen molar-refractivity contribution in [1.29, 1.82) is 0 Å². The predicted molar refractivity (Wildman–Crippen MR) is 57.9 cm³/mol. The zero-order valence-electron chi connectivity index (χ0n) is 8.55. The molecule has 2 aromatic rings. The van der Waals surface area contributed by atoms with Gasteiger partial charge in [-0.3, -0.25) is 4.79 Å². The maximum absolute atomic E-state index is 10.6. The summed E-state index contributed by atoms with van der Waals surface area (Å²) in [7, 11) is 0. The molecule has 1 aromatic heterocycles. The van der Waals surface area contributed by atoms with Gasteiger partial charge in [-0.25, -0.2) is 4.98 Å². The van der Waals surface area contributed by atoms with Gasteiger partial charge in [-0.05, 0) is 12.5 Å². The monoisotopic (exact) mass is 200 g/mol. The third-order valence-electron chi connectivity index (χ3n) is 2.45. The molecule has 2 rings (SSSR count).